The predicted molar refractivity (Wildman–Crippen MR) is 263 cm³/mol. The van der Waals surface area contributed by atoms with Gasteiger partial charge in [-0.25, -0.2) is 10.3 Å². The van der Waals surface area contributed by atoms with Crippen LogP contribution in [-0.2, 0) is 28.6 Å². The molecule has 0 saturated heterocycles. The molecular weight excluding hydrogens is 975 g/mol. The Morgan fingerprint density at radius 2 is 1.14 bits per heavy atom. The molecule has 0 radical (unpaired) electrons. The third kappa shape index (κ3) is 12.9. The van der Waals surface area contributed by atoms with Crippen LogP contribution in [-0.4, -0.2) is 34.3 Å². The van der Waals surface area contributed by atoms with E-state index in [0.29, 0.717) is 49.6 Å². The molecule has 0 heterocycles. The van der Waals surface area contributed by atoms with Crippen molar-refractivity contribution >= 4 is 85.9 Å². The molecule has 0 bridgehead atoms. The molecule has 0 aliphatic heterocycles. The molecule has 0 aliphatic rings. The number of urea groups is 1. The van der Waals surface area contributed by atoms with Crippen LogP contribution in [0, 0.1) is 0 Å². The molecule has 0 unspecified atom stereocenters. The molecule has 372 valence electrons. The van der Waals surface area contributed by atoms with Crippen molar-refractivity contribution in [1.82, 2.24) is 5.32 Å². The molecule has 21 heteroatoms. The van der Waals surface area contributed by atoms with E-state index in [1.54, 1.807) is 78.9 Å². The highest BCUT2D eigenvalue weighted by atomic mass is 19.4. The maximum atomic E-state index is 13.1. The molecular formula is C53H36F6N8O7. The number of fused-ring (bicyclic) bond motifs is 2. The predicted octanol–water partition coefficient (Wildman–Crippen LogP) is 14.6. The van der Waals surface area contributed by atoms with Crippen molar-refractivity contribution in [2.75, 3.05) is 10.8 Å². The van der Waals surface area contributed by atoms with Crippen LogP contribution in [0.15, 0.2) is 189 Å². The Labute approximate surface area is 414 Å². The summed E-state index contributed by atoms with van der Waals surface area (Å²) in [4.78, 5) is 48.5. The maximum absolute atomic E-state index is 13.1. The number of oxime groups is 1. The molecule has 8 aromatic carbocycles. The number of hydrogen-bond acceptors (Lipinski definition) is 13. The Morgan fingerprint density at radius 3 is 1.76 bits per heavy atom. The molecule has 0 aliphatic carbocycles. The zero-order valence-electron chi connectivity index (χ0n) is 37.9. The number of alkyl halides is 6. The topological polar surface area (TPSA) is 208 Å². The molecule has 5 N–H and O–H groups in total. The molecule has 8 rings (SSSR count). The minimum atomic E-state index is -4.62. The summed E-state index contributed by atoms with van der Waals surface area (Å²) in [5, 5.41) is 48.4. The van der Waals surface area contributed by atoms with Gasteiger partial charge in [0.2, 0.25) is 6.40 Å². The van der Waals surface area contributed by atoms with Gasteiger partial charge in [0.1, 0.15) is 29.5 Å². The lowest BCUT2D eigenvalue weighted by atomic mass is 10.0. The van der Waals surface area contributed by atoms with Crippen molar-refractivity contribution in [3.63, 3.8) is 0 Å². The Balaban J connectivity index is 0.829. The molecule has 3 amide bonds. The van der Waals surface area contributed by atoms with Gasteiger partial charge >= 0.3 is 18.4 Å². The van der Waals surface area contributed by atoms with E-state index in [-0.39, 0.29) is 52.2 Å². The Kier molecular flexibility index (Phi) is 15.0. The van der Waals surface area contributed by atoms with E-state index in [1.165, 1.54) is 60.7 Å². The van der Waals surface area contributed by atoms with Crippen LogP contribution in [0.5, 0.6) is 11.5 Å². The third-order valence-corrected chi connectivity index (χ3v) is 10.7. The van der Waals surface area contributed by atoms with Gasteiger partial charge in [-0.15, -0.1) is 10.2 Å². The fourth-order valence-corrected chi connectivity index (χ4v) is 7.05. The zero-order chi connectivity index (χ0) is 52.4. The van der Waals surface area contributed by atoms with Crippen LogP contribution in [0.2, 0.25) is 0 Å². The van der Waals surface area contributed by atoms with Crippen molar-refractivity contribution in [3.05, 3.63) is 197 Å². The lowest BCUT2D eigenvalue weighted by Crippen LogP contribution is -2.34. The van der Waals surface area contributed by atoms with Crippen LogP contribution in [0.25, 0.3) is 27.6 Å². The highest BCUT2D eigenvalue weighted by molar-refractivity contribution is 6.10. The number of imide groups is 1. The van der Waals surface area contributed by atoms with E-state index in [4.69, 9.17) is 9.68 Å². The number of ketones is 1. The van der Waals surface area contributed by atoms with E-state index in [1.807, 2.05) is 0 Å². The number of benzene rings is 8. The van der Waals surface area contributed by atoms with E-state index in [2.05, 4.69) is 41.7 Å². The molecule has 0 aromatic heterocycles. The Hall–Kier alpha value is -9.92. The number of phenols is 2. The summed E-state index contributed by atoms with van der Waals surface area (Å²) in [5.41, 5.74) is 3.34. The van der Waals surface area contributed by atoms with Gasteiger partial charge in [0.05, 0.1) is 28.2 Å². The number of carbonyl (C=O) groups is 3. The fourth-order valence-electron chi connectivity index (χ4n) is 7.05. The van der Waals surface area contributed by atoms with Gasteiger partial charge in [0.15, 0.2) is 5.78 Å². The number of anilines is 2. The number of nitrogens with zero attached hydrogens (tertiary/aromatic N) is 5. The third-order valence-electron chi connectivity index (χ3n) is 10.7. The largest absolute Gasteiger partial charge is 0.506 e. The number of nitrogens with one attached hydrogen (secondary N) is 3. The number of rotatable bonds is 15. The number of amides is 3. The zero-order valence-corrected chi connectivity index (χ0v) is 37.9. The monoisotopic (exact) mass is 1010 g/mol. The molecule has 0 spiro atoms. The summed E-state index contributed by atoms with van der Waals surface area (Å²) < 4.78 is 77.9. The number of aromatic hydroxyl groups is 2. The normalized spacial score (nSPS) is 12.0. The van der Waals surface area contributed by atoms with Crippen molar-refractivity contribution in [2.24, 2.45) is 25.6 Å². The van der Waals surface area contributed by atoms with Gasteiger partial charge in [-0.2, -0.15) is 36.6 Å². The Bertz CT molecular complexity index is 3530. The first kappa shape index (κ1) is 50.5. The van der Waals surface area contributed by atoms with Gasteiger partial charge in [-0.3, -0.25) is 14.9 Å². The van der Waals surface area contributed by atoms with E-state index < -0.39 is 35.4 Å². The van der Waals surface area contributed by atoms with Gasteiger partial charge < -0.3 is 25.2 Å². The smallest absolute Gasteiger partial charge is 0.416 e. The second-order valence-electron chi connectivity index (χ2n) is 15.9. The number of carbonyl (C=O) groups excluding carboxylic acids is 3. The van der Waals surface area contributed by atoms with Gasteiger partial charge in [0, 0.05) is 27.6 Å². The number of phenolic OH excluding ortho intramolecular Hbond substituents is 2. The standard InChI is InChI=1S/C53H36F6N8O7/c54-52(55,56)37-3-1-5-41(27-37)61-51(72)62-50(71)36-13-21-44-35(26-36)15-24-47(70)49(44)66-63-39-16-7-31(8-17-39)10-22-45(68)33-11-18-40(19-12-33)64-65-48-43-20-9-32(25-34(43)14-23-46(48)69)29-73-60-30-74-67-42-6-2-4-38(28-42)53(57,58)59/h1-28,30,67,69-70H,29H2,(H2,61,62,71,72). The molecule has 0 saturated carbocycles. The summed E-state index contributed by atoms with van der Waals surface area (Å²) in [5.74, 6) is -1.44. The minimum absolute atomic E-state index is 0.0186. The number of halogens is 6. The van der Waals surface area contributed by atoms with E-state index in [9.17, 15) is 50.9 Å². The number of hydrogen-bond donors (Lipinski definition) is 5. The summed E-state index contributed by atoms with van der Waals surface area (Å²) in [6, 6.07) is 36.0. The first-order chi connectivity index (χ1) is 35.5. The quantitative estimate of drug-likeness (QED) is 0.0127. The highest BCUT2D eigenvalue weighted by Crippen LogP contribution is 2.39. The van der Waals surface area contributed by atoms with Crippen LogP contribution >= 0.6 is 0 Å². The summed E-state index contributed by atoms with van der Waals surface area (Å²) >= 11 is 0. The second kappa shape index (κ2) is 22.0. The van der Waals surface area contributed by atoms with Crippen LogP contribution in [0.1, 0.15) is 43.0 Å². The van der Waals surface area contributed by atoms with Crippen LogP contribution in [0.4, 0.5) is 65.3 Å². The minimum Gasteiger partial charge on any atom is -0.506 e. The summed E-state index contributed by atoms with van der Waals surface area (Å²) in [6.07, 6.45) is -5.22. The first-order valence-corrected chi connectivity index (χ1v) is 21.8. The number of allylic oxidation sites excluding steroid dienone is 1. The van der Waals surface area contributed by atoms with Gasteiger partial charge in [-0.1, -0.05) is 65.8 Å². The molecule has 15 nitrogen and oxygen atoms in total. The van der Waals surface area contributed by atoms with Crippen LogP contribution in [0.3, 0.4) is 0 Å². The van der Waals surface area contributed by atoms with Crippen LogP contribution < -0.4 is 16.1 Å². The first-order valence-electron chi connectivity index (χ1n) is 21.8. The average Bonchev–Trinajstić information content (AvgIpc) is 3.38. The fraction of sp³-hybridized carbons (Fsp3) is 0.0566. The lowest BCUT2D eigenvalue weighted by molar-refractivity contribution is -0.138. The molecule has 74 heavy (non-hydrogen) atoms. The SMILES string of the molecule is O=C(NC(=O)c1ccc2c(N=Nc3ccc(C=CC(=O)c4ccc(N=Nc5c(O)ccc6cc(CON=CONc7cccc(C(F)(F)F)c7)ccc56)cc4)cc3)c(O)ccc2c1)Nc1cccc(C(F)(F)F)c1. The lowest BCUT2D eigenvalue weighted by Gasteiger charge is -2.11. The van der Waals surface area contributed by atoms with Gasteiger partial charge in [-0.05, 0) is 131 Å². The second-order valence-corrected chi connectivity index (χ2v) is 15.9. The van der Waals surface area contributed by atoms with Crippen molar-refractivity contribution in [3.8, 4) is 11.5 Å². The maximum Gasteiger partial charge on any atom is 0.416 e. The van der Waals surface area contributed by atoms with Gasteiger partial charge in [0.25, 0.3) is 5.91 Å². The van der Waals surface area contributed by atoms with Crippen molar-refractivity contribution in [2.45, 2.75) is 19.0 Å². The van der Waals surface area contributed by atoms with Crippen molar-refractivity contribution in [1.29, 1.82) is 0 Å². The van der Waals surface area contributed by atoms with E-state index in [0.717, 1.165) is 36.7 Å². The molecule has 0 fully saturated rings. The molecule has 8 aromatic rings. The van der Waals surface area contributed by atoms with Crippen molar-refractivity contribution < 1.29 is 60.6 Å². The molecule has 0 atom stereocenters. The number of azo groups is 2. The summed E-state index contributed by atoms with van der Waals surface area (Å²) in [6.45, 7) is 0.0186. The average molecular weight is 1010 g/mol. The summed E-state index contributed by atoms with van der Waals surface area (Å²) in [7, 11) is 0. The Morgan fingerprint density at radius 1 is 0.581 bits per heavy atom. The van der Waals surface area contributed by atoms with E-state index >= 15 is 0 Å². The highest BCUT2D eigenvalue weighted by Gasteiger charge is 2.31.